The van der Waals surface area contributed by atoms with Gasteiger partial charge in [0.2, 0.25) is 5.91 Å². The molecule has 0 saturated carbocycles. The summed E-state index contributed by atoms with van der Waals surface area (Å²) in [4.78, 5) is 25.2. The van der Waals surface area contributed by atoms with E-state index in [-0.39, 0.29) is 10.5 Å². The van der Waals surface area contributed by atoms with Crippen LogP contribution in [0.4, 0.5) is 17.1 Å². The molecule has 1 aliphatic heterocycles. The van der Waals surface area contributed by atoms with Crippen molar-refractivity contribution in [3.63, 3.8) is 0 Å². The number of rotatable bonds is 5. The fourth-order valence-electron chi connectivity index (χ4n) is 3.26. The largest absolute Gasteiger partial charge is 0.356 e. The molecule has 8 heteroatoms. The molecule has 0 spiro atoms. The van der Waals surface area contributed by atoms with Crippen LogP contribution in [-0.2, 0) is 14.8 Å². The Hall–Kier alpha value is -3.65. The maximum absolute atomic E-state index is 12.7. The van der Waals surface area contributed by atoms with Gasteiger partial charge in [0, 0.05) is 17.1 Å². The molecular weight excluding hydrogens is 402 g/mol. The van der Waals surface area contributed by atoms with Crippen molar-refractivity contribution in [3.8, 4) is 0 Å². The van der Waals surface area contributed by atoms with Gasteiger partial charge in [-0.25, -0.2) is 12.7 Å². The molecule has 3 aromatic carbocycles. The molecule has 30 heavy (non-hydrogen) atoms. The van der Waals surface area contributed by atoms with Crippen LogP contribution in [0.15, 0.2) is 83.8 Å². The van der Waals surface area contributed by atoms with E-state index in [1.807, 2.05) is 30.3 Å². The van der Waals surface area contributed by atoms with Crippen LogP contribution in [0.3, 0.4) is 0 Å². The van der Waals surface area contributed by atoms with E-state index in [0.717, 1.165) is 11.4 Å². The van der Waals surface area contributed by atoms with Crippen LogP contribution in [0.5, 0.6) is 0 Å². The Balaban J connectivity index is 1.47. The van der Waals surface area contributed by atoms with Gasteiger partial charge >= 0.3 is 0 Å². The molecule has 0 fully saturated rings. The smallest absolute Gasteiger partial charge is 0.269 e. The predicted molar refractivity (Wildman–Crippen MR) is 114 cm³/mol. The minimum Gasteiger partial charge on any atom is -0.356 e. The van der Waals surface area contributed by atoms with Gasteiger partial charge < -0.3 is 10.6 Å². The predicted octanol–water partition coefficient (Wildman–Crippen LogP) is 3.60. The first kappa shape index (κ1) is 19.7. The minimum absolute atomic E-state index is 0.0773. The van der Waals surface area contributed by atoms with Gasteiger partial charge in [-0.15, -0.1) is 0 Å². The Morgan fingerprint density at radius 2 is 1.40 bits per heavy atom. The number of carbonyl (C=O) groups excluding carboxylic acids is 2. The molecule has 0 aliphatic carbocycles. The number of nitrogens with zero attached hydrogens (tertiary/aromatic N) is 1. The van der Waals surface area contributed by atoms with Gasteiger partial charge in [-0.1, -0.05) is 30.3 Å². The number of fused-ring (bicyclic) bond motifs is 1. The second-order valence-corrected chi connectivity index (χ2v) is 8.62. The van der Waals surface area contributed by atoms with E-state index in [9.17, 15) is 18.0 Å². The van der Waals surface area contributed by atoms with Crippen LogP contribution < -0.4 is 10.6 Å². The first-order valence-corrected chi connectivity index (χ1v) is 10.7. The van der Waals surface area contributed by atoms with Crippen molar-refractivity contribution < 1.29 is 18.0 Å². The van der Waals surface area contributed by atoms with E-state index in [1.165, 1.54) is 19.1 Å². The third kappa shape index (κ3) is 3.53. The third-order valence-corrected chi connectivity index (χ3v) is 6.71. The lowest BCUT2D eigenvalue weighted by molar-refractivity contribution is -0.118. The van der Waals surface area contributed by atoms with Gasteiger partial charge in [-0.05, 0) is 55.5 Å². The number of amides is 2. The Bertz CT molecular complexity index is 1210. The molecule has 0 bridgehead atoms. The van der Waals surface area contributed by atoms with Gasteiger partial charge in [0.25, 0.3) is 15.9 Å². The van der Waals surface area contributed by atoms with Crippen molar-refractivity contribution in [1.82, 2.24) is 4.31 Å². The summed E-state index contributed by atoms with van der Waals surface area (Å²) in [5, 5.41) is 5.90. The summed E-state index contributed by atoms with van der Waals surface area (Å²) >= 11 is 0. The van der Waals surface area contributed by atoms with Gasteiger partial charge in [-0.3, -0.25) is 9.59 Å². The topological polar surface area (TPSA) is 95.6 Å². The van der Waals surface area contributed by atoms with Gasteiger partial charge in [0.15, 0.2) is 0 Å². The highest BCUT2D eigenvalue weighted by molar-refractivity contribution is 7.90. The Morgan fingerprint density at radius 3 is 2.07 bits per heavy atom. The molecule has 0 saturated heterocycles. The van der Waals surface area contributed by atoms with E-state index in [1.54, 1.807) is 36.4 Å². The number of para-hydroxylation sites is 1. The summed E-state index contributed by atoms with van der Waals surface area (Å²) < 4.78 is 26.1. The highest BCUT2D eigenvalue weighted by Crippen LogP contribution is 2.32. The maximum Gasteiger partial charge on any atom is 0.269 e. The average Bonchev–Trinajstić information content (AvgIpc) is 2.95. The van der Waals surface area contributed by atoms with E-state index in [2.05, 4.69) is 10.6 Å². The number of carbonyl (C=O) groups is 2. The van der Waals surface area contributed by atoms with Crippen LogP contribution in [-0.4, -0.2) is 30.6 Å². The van der Waals surface area contributed by atoms with Crippen molar-refractivity contribution >= 4 is 38.9 Å². The molecule has 152 valence electrons. The van der Waals surface area contributed by atoms with Crippen molar-refractivity contribution in [3.05, 3.63) is 84.4 Å². The molecule has 2 amide bonds. The molecule has 1 heterocycles. The first-order chi connectivity index (χ1) is 14.4. The molecule has 3 aromatic rings. The molecule has 0 radical (unpaired) electrons. The summed E-state index contributed by atoms with van der Waals surface area (Å²) in [5.74, 6) is -1.29. The quantitative estimate of drug-likeness (QED) is 0.656. The molecular formula is C22H19N3O4S. The molecule has 2 N–H and O–H groups in total. The molecule has 1 atom stereocenters. The number of anilines is 3. The minimum atomic E-state index is -4.06. The van der Waals surface area contributed by atoms with Crippen LogP contribution >= 0.6 is 0 Å². The normalized spacial score (nSPS) is 15.4. The summed E-state index contributed by atoms with van der Waals surface area (Å²) in [6, 6.07) is 21.4. The number of benzene rings is 3. The lowest BCUT2D eigenvalue weighted by Crippen LogP contribution is -2.45. The zero-order valence-electron chi connectivity index (χ0n) is 16.1. The fourth-order valence-corrected chi connectivity index (χ4v) is 4.99. The summed E-state index contributed by atoms with van der Waals surface area (Å²) in [6.45, 7) is 1.39. The number of sulfonamides is 1. The summed E-state index contributed by atoms with van der Waals surface area (Å²) in [5.41, 5.74) is 2.33. The van der Waals surface area contributed by atoms with Crippen molar-refractivity contribution in [2.75, 3.05) is 10.6 Å². The first-order valence-electron chi connectivity index (χ1n) is 9.29. The molecule has 1 unspecified atom stereocenters. The second kappa shape index (κ2) is 7.64. The Kier molecular flexibility index (Phi) is 5.01. The Labute approximate surface area is 174 Å². The number of nitrogens with one attached hydrogen (secondary N) is 2. The zero-order valence-corrected chi connectivity index (χ0v) is 16.9. The average molecular weight is 421 g/mol. The van der Waals surface area contributed by atoms with E-state index in [0.29, 0.717) is 9.99 Å². The van der Waals surface area contributed by atoms with Crippen LogP contribution in [0, 0.1) is 0 Å². The van der Waals surface area contributed by atoms with Gasteiger partial charge in [0.05, 0.1) is 5.56 Å². The van der Waals surface area contributed by atoms with Crippen LogP contribution in [0.2, 0.25) is 0 Å². The third-order valence-electron chi connectivity index (χ3n) is 4.80. The summed E-state index contributed by atoms with van der Waals surface area (Å²) in [6.07, 6.45) is 0. The lowest BCUT2D eigenvalue weighted by atomic mass is 10.2. The molecule has 7 nitrogen and oxygen atoms in total. The van der Waals surface area contributed by atoms with Crippen LogP contribution in [0.25, 0.3) is 0 Å². The fraction of sp³-hybridized carbons (Fsp3) is 0.0909. The highest BCUT2D eigenvalue weighted by Gasteiger charge is 2.45. The van der Waals surface area contributed by atoms with Crippen molar-refractivity contribution in [2.24, 2.45) is 0 Å². The van der Waals surface area contributed by atoms with E-state index in [4.69, 9.17) is 0 Å². The number of hydrogen-bond donors (Lipinski definition) is 2. The van der Waals surface area contributed by atoms with Gasteiger partial charge in [0.1, 0.15) is 10.9 Å². The zero-order chi connectivity index (χ0) is 21.3. The monoisotopic (exact) mass is 421 g/mol. The van der Waals surface area contributed by atoms with Crippen LogP contribution in [0.1, 0.15) is 17.3 Å². The standard InChI is InChI=1S/C22H19N3O4S/c1-15(25-22(27)19-9-5-6-10-20(19)30(25,28)29)21(26)24-18-13-11-17(12-14-18)23-16-7-3-2-4-8-16/h2-15,23H,1H3,(H,24,26). The lowest BCUT2D eigenvalue weighted by Gasteiger charge is -2.22. The van der Waals surface area contributed by atoms with Crippen molar-refractivity contribution in [2.45, 2.75) is 17.9 Å². The molecule has 0 aromatic heterocycles. The van der Waals surface area contributed by atoms with E-state index >= 15 is 0 Å². The van der Waals surface area contributed by atoms with E-state index < -0.39 is 27.9 Å². The summed E-state index contributed by atoms with van der Waals surface area (Å²) in [7, 11) is -4.06. The van der Waals surface area contributed by atoms with Gasteiger partial charge in [-0.2, -0.15) is 0 Å². The highest BCUT2D eigenvalue weighted by atomic mass is 32.2. The van der Waals surface area contributed by atoms with Crippen molar-refractivity contribution in [1.29, 1.82) is 0 Å². The maximum atomic E-state index is 12.7. The number of hydrogen-bond acceptors (Lipinski definition) is 5. The Morgan fingerprint density at radius 1 is 0.833 bits per heavy atom. The second-order valence-electron chi connectivity index (χ2n) is 6.84. The SMILES string of the molecule is CC(C(=O)Nc1ccc(Nc2ccccc2)cc1)N1C(=O)c2ccccc2S1(=O)=O. The molecule has 1 aliphatic rings. The molecule has 4 rings (SSSR count).